The summed E-state index contributed by atoms with van der Waals surface area (Å²) in [5, 5.41) is 10.2. The Bertz CT molecular complexity index is 1080. The van der Waals surface area contributed by atoms with E-state index in [1.165, 1.54) is 23.1 Å². The summed E-state index contributed by atoms with van der Waals surface area (Å²) in [6, 6.07) is 4.57. The lowest BCUT2D eigenvalue weighted by Crippen LogP contribution is -2.07. The summed E-state index contributed by atoms with van der Waals surface area (Å²) in [6.45, 7) is 0.137. The SMILES string of the molecule is Fc1cncc(Cn2nc(-c3nc(C(F)(F)F)n[nH]3)c3cccnc32)c1. The molecule has 11 heteroatoms. The minimum Gasteiger partial charge on any atom is -0.261 e. The van der Waals surface area contributed by atoms with E-state index in [-0.39, 0.29) is 18.1 Å². The van der Waals surface area contributed by atoms with Gasteiger partial charge in [-0.3, -0.25) is 10.1 Å². The van der Waals surface area contributed by atoms with E-state index in [0.717, 1.165) is 6.20 Å². The fourth-order valence-electron chi connectivity index (χ4n) is 2.50. The number of H-pyrrole nitrogens is 1. The lowest BCUT2D eigenvalue weighted by molar-refractivity contribution is -0.144. The Morgan fingerprint density at radius 2 is 2.04 bits per heavy atom. The van der Waals surface area contributed by atoms with E-state index in [0.29, 0.717) is 16.6 Å². The van der Waals surface area contributed by atoms with Gasteiger partial charge in [-0.1, -0.05) is 0 Å². The van der Waals surface area contributed by atoms with Crippen LogP contribution in [0.25, 0.3) is 22.6 Å². The summed E-state index contributed by atoms with van der Waals surface area (Å²) in [6.07, 6.45) is -0.606. The summed E-state index contributed by atoms with van der Waals surface area (Å²) in [5.41, 5.74) is 1.11. The number of aromatic nitrogens is 7. The van der Waals surface area contributed by atoms with Crippen LogP contribution < -0.4 is 0 Å². The average molecular weight is 363 g/mol. The van der Waals surface area contributed by atoms with Crippen LogP contribution >= 0.6 is 0 Å². The molecule has 0 aliphatic heterocycles. The molecule has 0 saturated carbocycles. The van der Waals surface area contributed by atoms with Crippen molar-refractivity contribution in [3.05, 3.63) is 54.0 Å². The number of aromatic amines is 1. The fraction of sp³-hybridized carbons (Fsp3) is 0.133. The summed E-state index contributed by atoms with van der Waals surface area (Å²) < 4.78 is 53.0. The molecule has 1 N–H and O–H groups in total. The largest absolute Gasteiger partial charge is 0.453 e. The highest BCUT2D eigenvalue weighted by Crippen LogP contribution is 2.29. The van der Waals surface area contributed by atoms with Crippen molar-refractivity contribution < 1.29 is 17.6 Å². The smallest absolute Gasteiger partial charge is 0.261 e. The first-order valence-electron chi connectivity index (χ1n) is 7.33. The lowest BCUT2D eigenvalue weighted by Gasteiger charge is -2.02. The second-order valence-electron chi connectivity index (χ2n) is 5.40. The Hall–Kier alpha value is -3.37. The predicted octanol–water partition coefficient (Wildman–Crippen LogP) is 2.82. The van der Waals surface area contributed by atoms with E-state index in [1.54, 1.807) is 12.1 Å². The van der Waals surface area contributed by atoms with Gasteiger partial charge in [0, 0.05) is 12.4 Å². The van der Waals surface area contributed by atoms with Gasteiger partial charge in [-0.2, -0.15) is 18.3 Å². The Morgan fingerprint density at radius 1 is 1.19 bits per heavy atom. The number of alkyl halides is 3. The molecule has 0 aliphatic rings. The highest BCUT2D eigenvalue weighted by atomic mass is 19.4. The monoisotopic (exact) mass is 363 g/mol. The second kappa shape index (κ2) is 5.86. The van der Waals surface area contributed by atoms with E-state index in [9.17, 15) is 17.6 Å². The molecule has 0 radical (unpaired) electrons. The minimum absolute atomic E-state index is 0.133. The van der Waals surface area contributed by atoms with Crippen LogP contribution in [0.4, 0.5) is 17.6 Å². The number of rotatable bonds is 3. The van der Waals surface area contributed by atoms with Gasteiger partial charge in [0.1, 0.15) is 11.5 Å². The third-order valence-electron chi connectivity index (χ3n) is 3.56. The van der Waals surface area contributed by atoms with Crippen molar-refractivity contribution in [2.24, 2.45) is 0 Å². The maximum Gasteiger partial charge on any atom is 0.453 e. The highest BCUT2D eigenvalue weighted by molar-refractivity contribution is 5.89. The van der Waals surface area contributed by atoms with Gasteiger partial charge in [-0.15, -0.1) is 5.10 Å². The van der Waals surface area contributed by atoms with Gasteiger partial charge in [0.05, 0.1) is 18.1 Å². The Balaban J connectivity index is 1.80. The first-order chi connectivity index (χ1) is 12.4. The van der Waals surface area contributed by atoms with Gasteiger partial charge < -0.3 is 0 Å². The van der Waals surface area contributed by atoms with Gasteiger partial charge >= 0.3 is 6.18 Å². The Morgan fingerprint density at radius 3 is 2.77 bits per heavy atom. The van der Waals surface area contributed by atoms with Gasteiger partial charge in [0.25, 0.3) is 5.82 Å². The molecule has 7 nitrogen and oxygen atoms in total. The molecular weight excluding hydrogens is 354 g/mol. The van der Waals surface area contributed by atoms with Crippen molar-refractivity contribution in [1.82, 2.24) is 34.9 Å². The van der Waals surface area contributed by atoms with Crippen molar-refractivity contribution in [1.29, 1.82) is 0 Å². The zero-order valence-corrected chi connectivity index (χ0v) is 12.9. The van der Waals surface area contributed by atoms with E-state index >= 15 is 0 Å². The van der Waals surface area contributed by atoms with Crippen molar-refractivity contribution in [2.45, 2.75) is 12.7 Å². The van der Waals surface area contributed by atoms with Crippen LogP contribution in [0.1, 0.15) is 11.4 Å². The van der Waals surface area contributed by atoms with Crippen LogP contribution in [0.15, 0.2) is 36.8 Å². The number of fused-ring (bicyclic) bond motifs is 1. The molecule has 0 unspecified atom stereocenters. The third kappa shape index (κ3) is 2.87. The van der Waals surface area contributed by atoms with Gasteiger partial charge in [-0.05, 0) is 23.8 Å². The number of halogens is 4. The molecule has 4 aromatic rings. The standard InChI is InChI=1S/C15H9F4N7/c16-9-4-8(5-20-6-9)7-26-13-10(2-1-3-21-13)11(25-26)12-22-14(24-23-12)15(17,18)19/h1-6H,7H2,(H,22,23,24). The van der Waals surface area contributed by atoms with Gasteiger partial charge in [0.2, 0.25) is 0 Å². The highest BCUT2D eigenvalue weighted by Gasteiger charge is 2.36. The molecule has 0 bridgehead atoms. The van der Waals surface area contributed by atoms with Crippen LogP contribution in [-0.4, -0.2) is 34.9 Å². The van der Waals surface area contributed by atoms with Crippen LogP contribution in [0, 0.1) is 5.82 Å². The molecule has 4 rings (SSSR count). The molecule has 0 amide bonds. The maximum absolute atomic E-state index is 13.3. The summed E-state index contributed by atoms with van der Waals surface area (Å²) in [5.74, 6) is -1.92. The zero-order chi connectivity index (χ0) is 18.3. The molecule has 26 heavy (non-hydrogen) atoms. The fourth-order valence-corrected chi connectivity index (χ4v) is 2.50. The van der Waals surface area contributed by atoms with E-state index in [4.69, 9.17) is 0 Å². The van der Waals surface area contributed by atoms with E-state index in [1.807, 2.05) is 0 Å². The van der Waals surface area contributed by atoms with Crippen molar-refractivity contribution in [2.75, 3.05) is 0 Å². The summed E-state index contributed by atoms with van der Waals surface area (Å²) in [7, 11) is 0. The molecule has 0 fully saturated rings. The Labute approximate surface area is 142 Å². The molecule has 4 aromatic heterocycles. The molecule has 0 saturated heterocycles. The van der Waals surface area contributed by atoms with Crippen LogP contribution in [0.3, 0.4) is 0 Å². The number of nitrogens with one attached hydrogen (secondary N) is 1. The molecular formula is C15H9F4N7. The molecule has 0 aromatic carbocycles. The van der Waals surface area contributed by atoms with Crippen LogP contribution in [0.2, 0.25) is 0 Å². The Kier molecular flexibility index (Phi) is 3.63. The quantitative estimate of drug-likeness (QED) is 0.566. The molecule has 0 aliphatic carbocycles. The van der Waals surface area contributed by atoms with Crippen LogP contribution in [0.5, 0.6) is 0 Å². The third-order valence-corrected chi connectivity index (χ3v) is 3.56. The topological polar surface area (TPSA) is 85.2 Å². The number of nitrogens with zero attached hydrogens (tertiary/aromatic N) is 6. The summed E-state index contributed by atoms with van der Waals surface area (Å²) >= 11 is 0. The average Bonchev–Trinajstić information content (AvgIpc) is 3.20. The first kappa shape index (κ1) is 16.1. The van der Waals surface area contributed by atoms with Crippen LogP contribution in [-0.2, 0) is 12.7 Å². The van der Waals surface area contributed by atoms with Gasteiger partial charge in [0.15, 0.2) is 11.5 Å². The van der Waals surface area contributed by atoms with Crippen molar-refractivity contribution in [3.63, 3.8) is 0 Å². The van der Waals surface area contributed by atoms with Crippen molar-refractivity contribution in [3.8, 4) is 11.5 Å². The maximum atomic E-state index is 13.3. The number of hydrogen-bond acceptors (Lipinski definition) is 5. The number of pyridine rings is 2. The van der Waals surface area contributed by atoms with E-state index in [2.05, 4.69) is 30.2 Å². The normalized spacial score (nSPS) is 12.0. The summed E-state index contributed by atoms with van der Waals surface area (Å²) in [4.78, 5) is 11.4. The number of hydrogen-bond donors (Lipinski definition) is 1. The van der Waals surface area contributed by atoms with Crippen molar-refractivity contribution >= 4 is 11.0 Å². The molecule has 0 spiro atoms. The lowest BCUT2D eigenvalue weighted by atomic mass is 10.2. The minimum atomic E-state index is -4.67. The first-order valence-corrected chi connectivity index (χ1v) is 7.33. The molecule has 4 heterocycles. The predicted molar refractivity (Wildman–Crippen MR) is 81.2 cm³/mol. The zero-order valence-electron chi connectivity index (χ0n) is 12.9. The van der Waals surface area contributed by atoms with E-state index < -0.39 is 17.8 Å². The molecule has 0 atom stereocenters. The molecule has 132 valence electrons. The second-order valence-corrected chi connectivity index (χ2v) is 5.40. The van der Waals surface area contributed by atoms with Gasteiger partial charge in [-0.25, -0.2) is 19.0 Å².